The average molecular weight is 373 g/mol. The number of amides is 1. The highest BCUT2D eigenvalue weighted by Gasteiger charge is 2.13. The standard InChI is InChI=1S/C20H23NO4S/c1-2-3-10-23-17-7-5-4-6-16(17)21-20(22)14-26-15-8-9-18-19(13-15)25-12-11-24-18/h4-9,13H,2-3,10-12,14H2,1H3,(H,21,22). The van der Waals surface area contributed by atoms with Crippen LogP contribution in [-0.2, 0) is 4.79 Å². The van der Waals surface area contributed by atoms with Crippen molar-refractivity contribution in [2.24, 2.45) is 0 Å². The molecular formula is C20H23NO4S. The van der Waals surface area contributed by atoms with E-state index in [4.69, 9.17) is 14.2 Å². The Hall–Kier alpha value is -2.34. The third-order valence-corrected chi connectivity index (χ3v) is 4.79. The fourth-order valence-corrected chi connectivity index (χ4v) is 3.20. The van der Waals surface area contributed by atoms with Crippen molar-refractivity contribution in [2.45, 2.75) is 24.7 Å². The van der Waals surface area contributed by atoms with Crippen molar-refractivity contribution in [2.75, 3.05) is 30.9 Å². The summed E-state index contributed by atoms with van der Waals surface area (Å²) < 4.78 is 16.8. The predicted octanol–water partition coefficient (Wildman–Crippen LogP) is 4.37. The Balaban J connectivity index is 1.54. The van der Waals surface area contributed by atoms with Gasteiger partial charge in [-0.15, -0.1) is 11.8 Å². The maximum absolute atomic E-state index is 12.3. The van der Waals surface area contributed by atoms with Gasteiger partial charge in [0.1, 0.15) is 19.0 Å². The van der Waals surface area contributed by atoms with Gasteiger partial charge in [0, 0.05) is 4.90 Å². The largest absolute Gasteiger partial charge is 0.491 e. The topological polar surface area (TPSA) is 56.8 Å². The molecule has 6 heteroatoms. The second-order valence-electron chi connectivity index (χ2n) is 5.84. The van der Waals surface area contributed by atoms with Crippen LogP contribution in [0.1, 0.15) is 19.8 Å². The highest BCUT2D eigenvalue weighted by atomic mass is 32.2. The van der Waals surface area contributed by atoms with Crippen LogP contribution >= 0.6 is 11.8 Å². The molecule has 5 nitrogen and oxygen atoms in total. The van der Waals surface area contributed by atoms with Gasteiger partial charge in [-0.3, -0.25) is 4.79 Å². The third-order valence-electron chi connectivity index (χ3n) is 3.80. The summed E-state index contributed by atoms with van der Waals surface area (Å²) in [5.41, 5.74) is 0.705. The summed E-state index contributed by atoms with van der Waals surface area (Å²) in [6, 6.07) is 13.2. The van der Waals surface area contributed by atoms with E-state index in [0.717, 1.165) is 29.2 Å². The van der Waals surface area contributed by atoms with E-state index < -0.39 is 0 Å². The zero-order valence-electron chi connectivity index (χ0n) is 14.8. The van der Waals surface area contributed by atoms with Crippen molar-refractivity contribution in [3.05, 3.63) is 42.5 Å². The lowest BCUT2D eigenvalue weighted by Gasteiger charge is -2.18. The molecule has 1 aliphatic heterocycles. The van der Waals surface area contributed by atoms with Gasteiger partial charge in [-0.05, 0) is 36.8 Å². The first-order valence-electron chi connectivity index (χ1n) is 8.80. The zero-order chi connectivity index (χ0) is 18.2. The number of fused-ring (bicyclic) bond motifs is 1. The van der Waals surface area contributed by atoms with Crippen molar-refractivity contribution >= 4 is 23.4 Å². The van der Waals surface area contributed by atoms with Crippen LogP contribution in [0.5, 0.6) is 17.2 Å². The molecule has 26 heavy (non-hydrogen) atoms. The summed E-state index contributed by atoms with van der Waals surface area (Å²) in [7, 11) is 0. The highest BCUT2D eigenvalue weighted by molar-refractivity contribution is 8.00. The Kier molecular flexibility index (Phi) is 6.66. The molecule has 0 bridgehead atoms. The number of hydrogen-bond donors (Lipinski definition) is 1. The number of anilines is 1. The van der Waals surface area contributed by atoms with Crippen LogP contribution in [0.15, 0.2) is 47.4 Å². The van der Waals surface area contributed by atoms with Gasteiger partial charge in [-0.2, -0.15) is 0 Å². The molecule has 1 N–H and O–H groups in total. The molecule has 1 heterocycles. The van der Waals surface area contributed by atoms with Crippen molar-refractivity contribution in [3.63, 3.8) is 0 Å². The number of nitrogens with one attached hydrogen (secondary N) is 1. The van der Waals surface area contributed by atoms with Crippen molar-refractivity contribution in [1.82, 2.24) is 0 Å². The smallest absolute Gasteiger partial charge is 0.234 e. The molecule has 0 aromatic heterocycles. The average Bonchev–Trinajstić information content (AvgIpc) is 2.68. The van der Waals surface area contributed by atoms with E-state index >= 15 is 0 Å². The van der Waals surface area contributed by atoms with Crippen LogP contribution in [0, 0.1) is 0 Å². The Bertz CT molecular complexity index is 750. The van der Waals surface area contributed by atoms with E-state index in [2.05, 4.69) is 12.2 Å². The van der Waals surface area contributed by atoms with Gasteiger partial charge in [0.15, 0.2) is 11.5 Å². The Morgan fingerprint density at radius 3 is 2.81 bits per heavy atom. The molecular weight excluding hydrogens is 350 g/mol. The van der Waals surface area contributed by atoms with Gasteiger partial charge in [0.2, 0.25) is 5.91 Å². The second kappa shape index (κ2) is 9.38. The molecule has 2 aromatic rings. The molecule has 0 unspecified atom stereocenters. The Morgan fingerprint density at radius 1 is 1.15 bits per heavy atom. The number of carbonyl (C=O) groups excluding carboxylic acids is 1. The zero-order valence-corrected chi connectivity index (χ0v) is 15.6. The molecule has 3 rings (SSSR count). The highest BCUT2D eigenvalue weighted by Crippen LogP contribution is 2.34. The van der Waals surface area contributed by atoms with Gasteiger partial charge in [0.05, 0.1) is 18.0 Å². The third kappa shape index (κ3) is 5.08. The number of rotatable bonds is 8. The van der Waals surface area contributed by atoms with Crippen molar-refractivity contribution in [3.8, 4) is 17.2 Å². The Morgan fingerprint density at radius 2 is 1.96 bits per heavy atom. The van der Waals surface area contributed by atoms with E-state index in [1.807, 2.05) is 42.5 Å². The lowest BCUT2D eigenvalue weighted by Crippen LogP contribution is -2.16. The molecule has 1 aliphatic rings. The molecule has 2 aromatic carbocycles. The van der Waals surface area contributed by atoms with E-state index in [0.29, 0.717) is 37.0 Å². The lowest BCUT2D eigenvalue weighted by molar-refractivity contribution is -0.113. The van der Waals surface area contributed by atoms with Crippen molar-refractivity contribution in [1.29, 1.82) is 0 Å². The van der Waals surface area contributed by atoms with Crippen LogP contribution in [0.3, 0.4) is 0 Å². The van der Waals surface area contributed by atoms with Crippen LogP contribution in [0.25, 0.3) is 0 Å². The van der Waals surface area contributed by atoms with Crippen LogP contribution in [0.2, 0.25) is 0 Å². The molecule has 0 spiro atoms. The number of hydrogen-bond acceptors (Lipinski definition) is 5. The maximum atomic E-state index is 12.3. The summed E-state index contributed by atoms with van der Waals surface area (Å²) in [6.07, 6.45) is 2.06. The summed E-state index contributed by atoms with van der Waals surface area (Å²) in [4.78, 5) is 13.3. The molecule has 0 radical (unpaired) electrons. The summed E-state index contributed by atoms with van der Waals surface area (Å²) >= 11 is 1.46. The number of carbonyl (C=O) groups is 1. The fraction of sp³-hybridized carbons (Fsp3) is 0.350. The van der Waals surface area contributed by atoms with E-state index in [9.17, 15) is 4.79 Å². The predicted molar refractivity (Wildman–Crippen MR) is 104 cm³/mol. The maximum Gasteiger partial charge on any atom is 0.234 e. The molecule has 0 fully saturated rings. The monoisotopic (exact) mass is 373 g/mol. The van der Waals surface area contributed by atoms with E-state index in [1.54, 1.807) is 0 Å². The summed E-state index contributed by atoms with van der Waals surface area (Å²) in [5, 5.41) is 2.93. The second-order valence-corrected chi connectivity index (χ2v) is 6.89. The minimum Gasteiger partial charge on any atom is -0.491 e. The number of benzene rings is 2. The lowest BCUT2D eigenvalue weighted by atomic mass is 10.3. The van der Waals surface area contributed by atoms with Crippen LogP contribution < -0.4 is 19.5 Å². The van der Waals surface area contributed by atoms with Crippen LogP contribution in [-0.4, -0.2) is 31.5 Å². The molecule has 1 amide bonds. The van der Waals surface area contributed by atoms with Gasteiger partial charge < -0.3 is 19.5 Å². The Labute approximate surface area is 158 Å². The van der Waals surface area contributed by atoms with E-state index in [-0.39, 0.29) is 5.91 Å². The molecule has 0 saturated heterocycles. The summed E-state index contributed by atoms with van der Waals surface area (Å²) in [5.74, 6) is 2.43. The van der Waals surface area contributed by atoms with Crippen LogP contribution in [0.4, 0.5) is 5.69 Å². The molecule has 0 saturated carbocycles. The number of thioether (sulfide) groups is 1. The molecule has 138 valence electrons. The van der Waals surface area contributed by atoms with Crippen molar-refractivity contribution < 1.29 is 19.0 Å². The van der Waals surface area contributed by atoms with E-state index in [1.165, 1.54) is 11.8 Å². The fourth-order valence-electron chi connectivity index (χ4n) is 2.47. The first-order valence-corrected chi connectivity index (χ1v) is 9.79. The minimum atomic E-state index is -0.0727. The first-order chi connectivity index (χ1) is 12.8. The number of para-hydroxylation sites is 2. The minimum absolute atomic E-state index is 0.0727. The van der Waals surface area contributed by atoms with Gasteiger partial charge in [-0.25, -0.2) is 0 Å². The number of unbranched alkanes of at least 4 members (excludes halogenated alkanes) is 1. The quantitative estimate of drug-likeness (QED) is 0.550. The first kappa shape index (κ1) is 18.5. The van der Waals surface area contributed by atoms with Gasteiger partial charge in [0.25, 0.3) is 0 Å². The van der Waals surface area contributed by atoms with Gasteiger partial charge >= 0.3 is 0 Å². The SMILES string of the molecule is CCCCOc1ccccc1NC(=O)CSc1ccc2c(c1)OCCO2. The summed E-state index contributed by atoms with van der Waals surface area (Å²) in [6.45, 7) is 3.89. The number of ether oxygens (including phenoxy) is 3. The van der Waals surface area contributed by atoms with Gasteiger partial charge in [-0.1, -0.05) is 25.5 Å². The molecule has 0 aliphatic carbocycles. The normalized spacial score (nSPS) is 12.5. The molecule has 0 atom stereocenters.